The lowest BCUT2D eigenvalue weighted by molar-refractivity contribution is 0.461. The lowest BCUT2D eigenvalue weighted by Gasteiger charge is -2.06. The van der Waals surface area contributed by atoms with Gasteiger partial charge in [-0.25, -0.2) is 4.98 Å². The molecule has 0 saturated carbocycles. The van der Waals surface area contributed by atoms with Crippen molar-refractivity contribution in [2.45, 2.75) is 6.54 Å². The van der Waals surface area contributed by atoms with Crippen LogP contribution in [-0.2, 0) is 6.54 Å². The number of benzene rings is 1. The van der Waals surface area contributed by atoms with Crippen molar-refractivity contribution in [3.05, 3.63) is 53.7 Å². The Labute approximate surface area is 99.3 Å². The maximum Gasteiger partial charge on any atom is 0.237 e. The SMILES string of the molecule is N#Cc1cccnc1Oc1ccc(CN)cc1. The van der Waals surface area contributed by atoms with Crippen molar-refractivity contribution < 1.29 is 4.74 Å². The summed E-state index contributed by atoms with van der Waals surface area (Å²) < 4.78 is 5.53. The molecule has 0 aliphatic rings. The van der Waals surface area contributed by atoms with Gasteiger partial charge in [-0.15, -0.1) is 0 Å². The summed E-state index contributed by atoms with van der Waals surface area (Å²) in [5.74, 6) is 0.952. The van der Waals surface area contributed by atoms with E-state index >= 15 is 0 Å². The maximum atomic E-state index is 8.89. The van der Waals surface area contributed by atoms with Gasteiger partial charge in [0.25, 0.3) is 0 Å². The van der Waals surface area contributed by atoms with Crippen LogP contribution >= 0.6 is 0 Å². The first kappa shape index (κ1) is 11.1. The minimum Gasteiger partial charge on any atom is -0.438 e. The Hall–Kier alpha value is -2.38. The lowest BCUT2D eigenvalue weighted by atomic mass is 10.2. The average Bonchev–Trinajstić information content (AvgIpc) is 2.40. The molecule has 0 atom stereocenters. The van der Waals surface area contributed by atoms with Gasteiger partial charge >= 0.3 is 0 Å². The quantitative estimate of drug-likeness (QED) is 0.869. The highest BCUT2D eigenvalue weighted by molar-refractivity contribution is 5.40. The van der Waals surface area contributed by atoms with Gasteiger partial charge in [-0.1, -0.05) is 12.1 Å². The summed E-state index contributed by atoms with van der Waals surface area (Å²) in [6.45, 7) is 0.493. The van der Waals surface area contributed by atoms with Gasteiger partial charge in [0.1, 0.15) is 17.4 Å². The molecule has 0 amide bonds. The summed E-state index contributed by atoms with van der Waals surface area (Å²) >= 11 is 0. The molecule has 0 bridgehead atoms. The van der Waals surface area contributed by atoms with Crippen molar-refractivity contribution in [1.29, 1.82) is 5.26 Å². The van der Waals surface area contributed by atoms with E-state index in [2.05, 4.69) is 4.98 Å². The number of hydrogen-bond donors (Lipinski definition) is 1. The zero-order chi connectivity index (χ0) is 12.1. The summed E-state index contributed by atoms with van der Waals surface area (Å²) in [7, 11) is 0. The van der Waals surface area contributed by atoms with Crippen molar-refractivity contribution in [1.82, 2.24) is 4.98 Å². The van der Waals surface area contributed by atoms with Gasteiger partial charge in [0.2, 0.25) is 5.88 Å². The standard InChI is InChI=1S/C13H11N3O/c14-8-10-3-5-12(6-4-10)17-13-11(9-15)2-1-7-16-13/h1-7H,8,14H2. The van der Waals surface area contributed by atoms with Crippen LogP contribution in [0.1, 0.15) is 11.1 Å². The van der Waals surface area contributed by atoms with E-state index in [1.54, 1.807) is 30.5 Å². The molecule has 1 aromatic carbocycles. The summed E-state index contributed by atoms with van der Waals surface area (Å²) in [6, 6.07) is 12.8. The van der Waals surface area contributed by atoms with Crippen LogP contribution < -0.4 is 10.5 Å². The minimum absolute atomic E-state index is 0.315. The van der Waals surface area contributed by atoms with E-state index in [-0.39, 0.29) is 0 Å². The second kappa shape index (κ2) is 5.10. The average molecular weight is 225 g/mol. The number of nitrogens with zero attached hydrogens (tertiary/aromatic N) is 2. The second-order valence-corrected chi connectivity index (χ2v) is 3.42. The number of nitriles is 1. The molecule has 0 saturated heterocycles. The highest BCUT2D eigenvalue weighted by Crippen LogP contribution is 2.22. The predicted octanol–water partition coefficient (Wildman–Crippen LogP) is 2.20. The number of ether oxygens (including phenoxy) is 1. The summed E-state index contributed by atoms with van der Waals surface area (Å²) in [5.41, 5.74) is 6.94. The first-order chi connectivity index (χ1) is 8.33. The molecule has 0 spiro atoms. The van der Waals surface area contributed by atoms with Crippen LogP contribution in [0.4, 0.5) is 0 Å². The van der Waals surface area contributed by atoms with Crippen LogP contribution in [0.2, 0.25) is 0 Å². The summed E-state index contributed by atoms with van der Waals surface area (Å²) in [6.07, 6.45) is 1.59. The Morgan fingerprint density at radius 1 is 1.24 bits per heavy atom. The van der Waals surface area contributed by atoms with Crippen LogP contribution in [0.3, 0.4) is 0 Å². The largest absolute Gasteiger partial charge is 0.438 e. The van der Waals surface area contributed by atoms with Crippen LogP contribution in [0, 0.1) is 11.3 Å². The van der Waals surface area contributed by atoms with Crippen molar-refractivity contribution in [2.24, 2.45) is 5.73 Å². The summed E-state index contributed by atoms with van der Waals surface area (Å²) in [5, 5.41) is 8.89. The number of nitrogens with two attached hydrogens (primary N) is 1. The number of aromatic nitrogens is 1. The van der Waals surface area contributed by atoms with E-state index in [0.29, 0.717) is 23.7 Å². The van der Waals surface area contributed by atoms with Crippen LogP contribution in [0.5, 0.6) is 11.6 Å². The van der Waals surface area contributed by atoms with Gasteiger partial charge in [-0.2, -0.15) is 5.26 Å². The van der Waals surface area contributed by atoms with Crippen molar-refractivity contribution in [2.75, 3.05) is 0 Å². The van der Waals surface area contributed by atoms with Crippen molar-refractivity contribution >= 4 is 0 Å². The van der Waals surface area contributed by atoms with Gasteiger partial charge in [0.05, 0.1) is 0 Å². The van der Waals surface area contributed by atoms with E-state index in [1.165, 1.54) is 0 Å². The second-order valence-electron chi connectivity index (χ2n) is 3.42. The molecule has 17 heavy (non-hydrogen) atoms. The number of hydrogen-bond acceptors (Lipinski definition) is 4. The van der Waals surface area contributed by atoms with Gasteiger partial charge in [0.15, 0.2) is 0 Å². The molecule has 84 valence electrons. The molecule has 4 nitrogen and oxygen atoms in total. The molecular weight excluding hydrogens is 214 g/mol. The fourth-order valence-corrected chi connectivity index (χ4v) is 1.36. The van der Waals surface area contributed by atoms with Gasteiger partial charge in [0, 0.05) is 12.7 Å². The van der Waals surface area contributed by atoms with Gasteiger partial charge in [-0.3, -0.25) is 0 Å². The molecule has 0 unspecified atom stereocenters. The van der Waals surface area contributed by atoms with E-state index in [1.807, 2.05) is 18.2 Å². The molecule has 2 aromatic rings. The molecule has 0 fully saturated rings. The topological polar surface area (TPSA) is 71.9 Å². The third-order valence-corrected chi connectivity index (χ3v) is 2.27. The number of rotatable bonds is 3. The van der Waals surface area contributed by atoms with E-state index < -0.39 is 0 Å². The van der Waals surface area contributed by atoms with Crippen molar-refractivity contribution in [3.63, 3.8) is 0 Å². The highest BCUT2D eigenvalue weighted by atomic mass is 16.5. The first-order valence-corrected chi connectivity index (χ1v) is 5.15. The molecular formula is C13H11N3O. The van der Waals surface area contributed by atoms with E-state index in [9.17, 15) is 0 Å². The van der Waals surface area contributed by atoms with Crippen LogP contribution in [0.15, 0.2) is 42.6 Å². The molecule has 0 aliphatic carbocycles. The zero-order valence-electron chi connectivity index (χ0n) is 9.13. The smallest absolute Gasteiger partial charge is 0.237 e. The van der Waals surface area contributed by atoms with Crippen LogP contribution in [0.25, 0.3) is 0 Å². The third-order valence-electron chi connectivity index (χ3n) is 2.27. The lowest BCUT2D eigenvalue weighted by Crippen LogP contribution is -1.96. The first-order valence-electron chi connectivity index (χ1n) is 5.15. The van der Waals surface area contributed by atoms with Crippen LogP contribution in [-0.4, -0.2) is 4.98 Å². The molecule has 1 heterocycles. The Kier molecular flexibility index (Phi) is 3.34. The minimum atomic E-state index is 0.315. The Balaban J connectivity index is 2.23. The monoisotopic (exact) mass is 225 g/mol. The molecule has 2 N–H and O–H groups in total. The normalized spacial score (nSPS) is 9.65. The van der Waals surface area contributed by atoms with Crippen molar-refractivity contribution in [3.8, 4) is 17.7 Å². The molecule has 4 heteroatoms. The fourth-order valence-electron chi connectivity index (χ4n) is 1.36. The van der Waals surface area contributed by atoms with E-state index in [0.717, 1.165) is 5.56 Å². The Bertz CT molecular complexity index is 543. The van der Waals surface area contributed by atoms with E-state index in [4.69, 9.17) is 15.7 Å². The molecule has 0 radical (unpaired) electrons. The molecule has 1 aromatic heterocycles. The molecule has 2 rings (SSSR count). The zero-order valence-corrected chi connectivity index (χ0v) is 9.13. The fraction of sp³-hybridized carbons (Fsp3) is 0.0769. The Morgan fingerprint density at radius 3 is 2.65 bits per heavy atom. The van der Waals surface area contributed by atoms with Gasteiger partial charge in [-0.05, 0) is 29.8 Å². The van der Waals surface area contributed by atoms with Gasteiger partial charge < -0.3 is 10.5 Å². The highest BCUT2D eigenvalue weighted by Gasteiger charge is 2.04. The summed E-state index contributed by atoms with van der Waals surface area (Å²) in [4.78, 5) is 4.02. The maximum absolute atomic E-state index is 8.89. The third kappa shape index (κ3) is 2.60. The Morgan fingerprint density at radius 2 is 2.00 bits per heavy atom. The predicted molar refractivity (Wildman–Crippen MR) is 63.4 cm³/mol. The number of pyridine rings is 1. The molecule has 0 aliphatic heterocycles.